The molecule has 2 atom stereocenters. The van der Waals surface area contributed by atoms with Gasteiger partial charge >= 0.3 is 0 Å². The molecule has 0 aliphatic carbocycles. The van der Waals surface area contributed by atoms with Crippen LogP contribution in [0.15, 0.2) is 48.5 Å². The Morgan fingerprint density at radius 1 is 0.900 bits per heavy atom. The van der Waals surface area contributed by atoms with Gasteiger partial charge in [0.15, 0.2) is 5.82 Å². The quantitative estimate of drug-likeness (QED) is 0.248. The van der Waals surface area contributed by atoms with Crippen LogP contribution in [0.2, 0.25) is 5.02 Å². The predicted molar refractivity (Wildman–Crippen MR) is 163 cm³/mol. The summed E-state index contributed by atoms with van der Waals surface area (Å²) in [7, 11) is 0. The number of halogens is 2. The van der Waals surface area contributed by atoms with E-state index in [0.29, 0.717) is 33.6 Å². The van der Waals surface area contributed by atoms with Gasteiger partial charge in [-0.3, -0.25) is 0 Å². The molecule has 40 heavy (non-hydrogen) atoms. The maximum Gasteiger partial charge on any atom is 0.158 e. The van der Waals surface area contributed by atoms with E-state index in [9.17, 15) is 0 Å². The second-order valence-electron chi connectivity index (χ2n) is 11.8. The van der Waals surface area contributed by atoms with Crippen LogP contribution in [0.3, 0.4) is 0 Å². The first-order valence-electron chi connectivity index (χ1n) is 15.0. The molecule has 1 aromatic heterocycles. The number of rotatable bonds is 7. The molecule has 3 saturated heterocycles. The van der Waals surface area contributed by atoms with E-state index in [1.54, 1.807) is 0 Å². The third kappa shape index (κ3) is 5.06. The van der Waals surface area contributed by atoms with Crippen LogP contribution in [0.25, 0.3) is 32.8 Å². The van der Waals surface area contributed by atoms with E-state index in [-0.39, 0.29) is 5.82 Å². The smallest absolute Gasteiger partial charge is 0.158 e. The molecule has 4 heterocycles. The number of piperidine rings is 1. The highest BCUT2D eigenvalue weighted by atomic mass is 35.5. The number of anilines is 1. The summed E-state index contributed by atoms with van der Waals surface area (Å²) < 4.78 is 16.7. The van der Waals surface area contributed by atoms with Gasteiger partial charge in [0.25, 0.3) is 0 Å². The van der Waals surface area contributed by atoms with Gasteiger partial charge in [0, 0.05) is 42.5 Å². The highest BCUT2D eigenvalue weighted by Gasteiger charge is 2.34. The van der Waals surface area contributed by atoms with E-state index in [1.807, 2.05) is 48.5 Å². The Morgan fingerprint density at radius 2 is 1.68 bits per heavy atom. The molecule has 3 aliphatic rings. The van der Waals surface area contributed by atoms with Gasteiger partial charge in [-0.25, -0.2) is 14.4 Å². The van der Waals surface area contributed by atoms with Crippen molar-refractivity contribution in [3.05, 3.63) is 65.2 Å². The Morgan fingerprint density at radius 3 is 2.50 bits per heavy atom. The summed E-state index contributed by atoms with van der Waals surface area (Å²) in [5.74, 6) is 1.21. The molecule has 5 nitrogen and oxygen atoms in total. The lowest BCUT2D eigenvalue weighted by atomic mass is 9.96. The van der Waals surface area contributed by atoms with E-state index in [0.717, 1.165) is 66.9 Å². The second kappa shape index (κ2) is 11.2. The Kier molecular flexibility index (Phi) is 7.33. The molecule has 0 spiro atoms. The Labute approximate surface area is 240 Å². The summed E-state index contributed by atoms with van der Waals surface area (Å²) in [6.07, 6.45) is 9.19. The molecule has 2 bridgehead atoms. The van der Waals surface area contributed by atoms with Crippen LogP contribution in [0.1, 0.15) is 50.8 Å². The number of aromatic nitrogens is 2. The van der Waals surface area contributed by atoms with Crippen molar-refractivity contribution in [3.63, 3.8) is 0 Å². The van der Waals surface area contributed by atoms with Gasteiger partial charge in [-0.1, -0.05) is 60.5 Å². The zero-order valence-corrected chi connectivity index (χ0v) is 23.8. The number of unbranched alkanes of at least 4 members (excludes halogenated alkanes) is 1. The van der Waals surface area contributed by atoms with Crippen molar-refractivity contribution < 1.29 is 4.39 Å². The van der Waals surface area contributed by atoms with Gasteiger partial charge in [-0.2, -0.15) is 0 Å². The fourth-order valence-corrected chi connectivity index (χ4v) is 7.33. The van der Waals surface area contributed by atoms with Crippen LogP contribution in [-0.2, 0) is 6.42 Å². The summed E-state index contributed by atoms with van der Waals surface area (Å²) in [5.41, 5.74) is 1.60. The lowest BCUT2D eigenvalue weighted by Gasteiger charge is -2.34. The first kappa shape index (κ1) is 26.1. The molecule has 7 rings (SSSR count). The average Bonchev–Trinajstić information content (AvgIpc) is 3.33. The van der Waals surface area contributed by atoms with Crippen LogP contribution < -0.4 is 10.2 Å². The monoisotopic (exact) mass is 557 g/mol. The van der Waals surface area contributed by atoms with Gasteiger partial charge < -0.3 is 15.1 Å². The largest absolute Gasteiger partial charge is 0.353 e. The minimum Gasteiger partial charge on any atom is -0.353 e. The number of aryl methyl sites for hydroxylation is 1. The summed E-state index contributed by atoms with van der Waals surface area (Å²) >= 11 is 6.91. The topological polar surface area (TPSA) is 44.3 Å². The van der Waals surface area contributed by atoms with Gasteiger partial charge in [-0.05, 0) is 80.6 Å². The minimum atomic E-state index is -0.352. The first-order valence-corrected chi connectivity index (χ1v) is 15.4. The maximum absolute atomic E-state index is 16.7. The van der Waals surface area contributed by atoms with E-state index in [4.69, 9.17) is 21.6 Å². The molecule has 7 heteroatoms. The van der Waals surface area contributed by atoms with Crippen LogP contribution in [0, 0.1) is 5.82 Å². The summed E-state index contributed by atoms with van der Waals surface area (Å²) in [5, 5.41) is 6.86. The van der Waals surface area contributed by atoms with Crippen molar-refractivity contribution in [1.29, 1.82) is 0 Å². The number of fused-ring (bicyclic) bond motifs is 4. The van der Waals surface area contributed by atoms with E-state index < -0.39 is 0 Å². The molecule has 2 unspecified atom stereocenters. The molecule has 3 fully saturated rings. The normalized spacial score (nSPS) is 21.5. The fourth-order valence-electron chi connectivity index (χ4n) is 7.04. The Bertz CT molecular complexity index is 1520. The average molecular weight is 558 g/mol. The van der Waals surface area contributed by atoms with Crippen LogP contribution in [0.4, 0.5) is 10.2 Å². The van der Waals surface area contributed by atoms with Crippen molar-refractivity contribution in [2.24, 2.45) is 0 Å². The number of hydrogen-bond donors (Lipinski definition) is 1. The van der Waals surface area contributed by atoms with Crippen molar-refractivity contribution >= 4 is 39.1 Å². The standard InChI is InChI=1S/C33H37ClFN5/c34-28-19-27-32(31(35)30(28)26-12-8-10-22-9-2-3-11-25(22)26)37-29(13-4-7-18-39-16-5-1-6-17-39)38-33(27)40-20-23-14-15-24(21-40)36-23/h2-3,8-12,19,23-24,36H,1,4-7,13-18,20-21H2. The predicted octanol–water partition coefficient (Wildman–Crippen LogP) is 6.99. The molecule has 3 aromatic carbocycles. The van der Waals surface area contributed by atoms with Crippen LogP contribution in [-0.4, -0.2) is 59.7 Å². The molecule has 0 radical (unpaired) electrons. The van der Waals surface area contributed by atoms with Gasteiger partial charge in [0.1, 0.15) is 17.2 Å². The zero-order chi connectivity index (χ0) is 27.1. The second-order valence-corrected chi connectivity index (χ2v) is 12.2. The molecular weight excluding hydrogens is 521 g/mol. The first-order chi connectivity index (χ1) is 19.6. The molecule has 4 aromatic rings. The number of benzene rings is 3. The summed E-state index contributed by atoms with van der Waals surface area (Å²) in [6, 6.07) is 16.8. The number of likely N-dealkylation sites (tertiary alicyclic amines) is 1. The maximum atomic E-state index is 16.7. The highest BCUT2D eigenvalue weighted by Crippen LogP contribution is 2.41. The van der Waals surface area contributed by atoms with E-state index in [1.165, 1.54) is 45.2 Å². The molecular formula is C33H37ClFN5. The SMILES string of the molecule is Fc1c(-c2cccc3ccccc23)c(Cl)cc2c(N3CC4CCC(C3)N4)nc(CCCCN3CCCCC3)nc12. The van der Waals surface area contributed by atoms with Crippen molar-refractivity contribution in [2.75, 3.05) is 37.6 Å². The van der Waals surface area contributed by atoms with Crippen molar-refractivity contribution in [3.8, 4) is 11.1 Å². The molecule has 3 aliphatic heterocycles. The van der Waals surface area contributed by atoms with Gasteiger partial charge in [0.2, 0.25) is 0 Å². The molecule has 1 N–H and O–H groups in total. The van der Waals surface area contributed by atoms with Gasteiger partial charge in [0.05, 0.1) is 5.02 Å². The third-order valence-electron chi connectivity index (χ3n) is 9.06. The highest BCUT2D eigenvalue weighted by molar-refractivity contribution is 6.35. The number of nitrogens with zero attached hydrogens (tertiary/aromatic N) is 4. The molecule has 208 valence electrons. The number of piperazine rings is 1. The van der Waals surface area contributed by atoms with Crippen LogP contribution >= 0.6 is 11.6 Å². The lowest BCUT2D eigenvalue weighted by molar-refractivity contribution is 0.225. The van der Waals surface area contributed by atoms with E-state index in [2.05, 4.69) is 15.1 Å². The summed E-state index contributed by atoms with van der Waals surface area (Å²) in [4.78, 5) is 14.9. The van der Waals surface area contributed by atoms with Gasteiger partial charge in [-0.15, -0.1) is 0 Å². The zero-order valence-electron chi connectivity index (χ0n) is 23.0. The molecule has 0 saturated carbocycles. The Hall–Kier alpha value is -2.80. The summed E-state index contributed by atoms with van der Waals surface area (Å²) in [6.45, 7) is 5.30. The van der Waals surface area contributed by atoms with Crippen LogP contribution in [0.5, 0.6) is 0 Å². The Balaban J connectivity index is 1.28. The van der Waals surface area contributed by atoms with Crippen molar-refractivity contribution in [1.82, 2.24) is 20.2 Å². The molecule has 0 amide bonds. The van der Waals surface area contributed by atoms with Crippen molar-refractivity contribution in [2.45, 2.75) is 63.5 Å². The fraction of sp³-hybridized carbons (Fsp3) is 0.455. The number of hydrogen-bond acceptors (Lipinski definition) is 5. The van der Waals surface area contributed by atoms with E-state index >= 15 is 4.39 Å². The minimum absolute atomic E-state index is 0.352. The third-order valence-corrected chi connectivity index (χ3v) is 9.36. The number of nitrogens with one attached hydrogen (secondary N) is 1. The lowest BCUT2D eigenvalue weighted by Crippen LogP contribution is -2.51.